The van der Waals surface area contributed by atoms with Gasteiger partial charge in [-0.3, -0.25) is 4.79 Å². The second-order valence-electron chi connectivity index (χ2n) is 5.05. The molecular weight excluding hydrogens is 214 g/mol. The second-order valence-corrected chi connectivity index (χ2v) is 5.05. The van der Waals surface area contributed by atoms with E-state index in [1.54, 1.807) is 0 Å². The van der Waals surface area contributed by atoms with Crippen molar-refractivity contribution in [1.82, 2.24) is 10.2 Å². The number of amides is 1. The Bertz CT molecular complexity index is 225. The first-order chi connectivity index (χ1) is 8.17. The number of hydrogen-bond acceptors (Lipinski definition) is 3. The fourth-order valence-electron chi connectivity index (χ4n) is 2.29. The number of nitrogens with zero attached hydrogens (tertiary/aromatic N) is 1. The van der Waals surface area contributed by atoms with Gasteiger partial charge in [-0.15, -0.1) is 0 Å². The summed E-state index contributed by atoms with van der Waals surface area (Å²) in [7, 11) is 0. The van der Waals surface area contributed by atoms with Crippen LogP contribution in [0.2, 0.25) is 0 Å². The van der Waals surface area contributed by atoms with Crippen LogP contribution in [0, 0.1) is 5.92 Å². The van der Waals surface area contributed by atoms with Crippen molar-refractivity contribution < 1.29 is 4.79 Å². The summed E-state index contributed by atoms with van der Waals surface area (Å²) in [6.07, 6.45) is 4.01. The topological polar surface area (TPSA) is 58.4 Å². The van der Waals surface area contributed by atoms with Crippen molar-refractivity contribution in [2.45, 2.75) is 45.6 Å². The van der Waals surface area contributed by atoms with E-state index in [4.69, 9.17) is 5.73 Å². The van der Waals surface area contributed by atoms with Crippen molar-refractivity contribution >= 4 is 5.91 Å². The maximum Gasteiger partial charge on any atom is 0.223 e. The number of hydrogen-bond donors (Lipinski definition) is 2. The summed E-state index contributed by atoms with van der Waals surface area (Å²) in [5.74, 6) is 0.302. The maximum atomic E-state index is 11.9. The van der Waals surface area contributed by atoms with Gasteiger partial charge in [0.25, 0.3) is 0 Å². The van der Waals surface area contributed by atoms with Gasteiger partial charge in [0.2, 0.25) is 5.91 Å². The van der Waals surface area contributed by atoms with Crippen LogP contribution in [0.25, 0.3) is 0 Å². The monoisotopic (exact) mass is 241 g/mol. The van der Waals surface area contributed by atoms with Gasteiger partial charge < -0.3 is 16.0 Å². The molecule has 3 N–H and O–H groups in total. The predicted molar refractivity (Wildman–Crippen MR) is 70.7 cm³/mol. The maximum absolute atomic E-state index is 11.9. The minimum Gasteiger partial charge on any atom is -0.353 e. The van der Waals surface area contributed by atoms with Crippen LogP contribution < -0.4 is 11.1 Å². The molecular formula is C13H27N3O. The predicted octanol–water partition coefficient (Wildman–Crippen LogP) is 0.962. The average molecular weight is 241 g/mol. The molecule has 1 heterocycles. The molecule has 0 aromatic rings. The van der Waals surface area contributed by atoms with Crippen LogP contribution in [0.1, 0.15) is 39.5 Å². The molecule has 0 spiro atoms. The highest BCUT2D eigenvalue weighted by Gasteiger charge is 2.21. The van der Waals surface area contributed by atoms with Crippen LogP contribution in [-0.2, 0) is 4.79 Å². The van der Waals surface area contributed by atoms with Crippen molar-refractivity contribution in [1.29, 1.82) is 0 Å². The van der Waals surface area contributed by atoms with E-state index in [0.717, 1.165) is 45.3 Å². The lowest BCUT2D eigenvalue weighted by Gasteiger charge is -2.32. The Kier molecular flexibility index (Phi) is 6.52. The summed E-state index contributed by atoms with van der Waals surface area (Å²) in [5, 5.41) is 3.17. The first-order valence-electron chi connectivity index (χ1n) is 6.90. The summed E-state index contributed by atoms with van der Waals surface area (Å²) in [4.78, 5) is 14.3. The Hall–Kier alpha value is -0.610. The van der Waals surface area contributed by atoms with E-state index < -0.39 is 0 Å². The van der Waals surface area contributed by atoms with Gasteiger partial charge in [0.05, 0.1) is 0 Å². The third-order valence-electron chi connectivity index (χ3n) is 3.67. The van der Waals surface area contributed by atoms with E-state index in [9.17, 15) is 4.79 Å². The summed E-state index contributed by atoms with van der Waals surface area (Å²) in [6.45, 7) is 8.19. The third kappa shape index (κ3) is 5.04. The molecule has 0 saturated carbocycles. The van der Waals surface area contributed by atoms with Crippen LogP contribution in [-0.4, -0.2) is 43.0 Å². The van der Waals surface area contributed by atoms with Crippen molar-refractivity contribution in [2.75, 3.05) is 26.2 Å². The first-order valence-corrected chi connectivity index (χ1v) is 6.90. The molecule has 17 heavy (non-hydrogen) atoms. The summed E-state index contributed by atoms with van der Waals surface area (Å²) in [5.41, 5.74) is 5.45. The Labute approximate surface area is 105 Å². The Morgan fingerprint density at radius 1 is 1.47 bits per heavy atom. The van der Waals surface area contributed by atoms with Crippen molar-refractivity contribution in [3.05, 3.63) is 0 Å². The first kappa shape index (κ1) is 14.5. The Morgan fingerprint density at radius 3 is 2.65 bits per heavy atom. The molecule has 1 fully saturated rings. The molecule has 1 atom stereocenters. The molecule has 1 aliphatic heterocycles. The van der Waals surface area contributed by atoms with Crippen molar-refractivity contribution in [2.24, 2.45) is 11.7 Å². The summed E-state index contributed by atoms with van der Waals surface area (Å²) >= 11 is 0. The fourth-order valence-corrected chi connectivity index (χ4v) is 2.29. The molecule has 0 bridgehead atoms. The number of nitrogens with two attached hydrogens (primary N) is 1. The van der Waals surface area contributed by atoms with E-state index in [0.29, 0.717) is 12.6 Å². The number of rotatable bonds is 6. The van der Waals surface area contributed by atoms with Crippen LogP contribution in [0.3, 0.4) is 0 Å². The van der Waals surface area contributed by atoms with E-state index in [-0.39, 0.29) is 11.8 Å². The lowest BCUT2D eigenvalue weighted by Crippen LogP contribution is -2.45. The standard InChI is InChI=1S/C13H27N3O/c1-3-16-9-6-12(7-10-16)15-13(17)11(2)5-4-8-14/h11-12H,3-10,14H2,1-2H3,(H,15,17). The molecule has 0 aromatic heterocycles. The number of likely N-dealkylation sites (tertiary alicyclic amines) is 1. The quantitative estimate of drug-likeness (QED) is 0.728. The lowest BCUT2D eigenvalue weighted by molar-refractivity contribution is -0.125. The number of carbonyl (C=O) groups excluding carboxylic acids is 1. The highest BCUT2D eigenvalue weighted by molar-refractivity contribution is 5.78. The normalized spacial score (nSPS) is 20.2. The van der Waals surface area contributed by atoms with Gasteiger partial charge in [-0.25, -0.2) is 0 Å². The molecule has 1 unspecified atom stereocenters. The zero-order valence-electron chi connectivity index (χ0n) is 11.2. The van der Waals surface area contributed by atoms with Gasteiger partial charge in [0.1, 0.15) is 0 Å². The van der Waals surface area contributed by atoms with Gasteiger partial charge in [0, 0.05) is 25.0 Å². The minimum absolute atomic E-state index is 0.0998. The van der Waals surface area contributed by atoms with E-state index in [2.05, 4.69) is 17.1 Å². The molecule has 4 nitrogen and oxygen atoms in total. The molecule has 0 aliphatic carbocycles. The highest BCUT2D eigenvalue weighted by atomic mass is 16.1. The molecule has 1 amide bonds. The minimum atomic E-state index is 0.0998. The van der Waals surface area contributed by atoms with Crippen LogP contribution in [0.5, 0.6) is 0 Å². The summed E-state index contributed by atoms with van der Waals surface area (Å²) in [6, 6.07) is 0.380. The molecule has 1 rings (SSSR count). The van der Waals surface area contributed by atoms with Gasteiger partial charge in [0.15, 0.2) is 0 Å². The SMILES string of the molecule is CCN1CCC(NC(=O)C(C)CCCN)CC1. The van der Waals surface area contributed by atoms with Crippen LogP contribution in [0.4, 0.5) is 0 Å². The molecule has 0 aromatic carbocycles. The molecule has 4 heteroatoms. The van der Waals surface area contributed by atoms with Gasteiger partial charge in [-0.05, 0) is 38.8 Å². The highest BCUT2D eigenvalue weighted by Crippen LogP contribution is 2.12. The molecule has 1 saturated heterocycles. The molecule has 0 radical (unpaired) electrons. The Balaban J connectivity index is 2.22. The zero-order chi connectivity index (χ0) is 12.7. The molecule has 100 valence electrons. The molecule has 1 aliphatic rings. The number of piperidine rings is 1. The third-order valence-corrected chi connectivity index (χ3v) is 3.67. The van der Waals surface area contributed by atoms with Gasteiger partial charge in [-0.1, -0.05) is 13.8 Å². The largest absolute Gasteiger partial charge is 0.353 e. The van der Waals surface area contributed by atoms with Gasteiger partial charge >= 0.3 is 0 Å². The number of nitrogens with one attached hydrogen (secondary N) is 1. The van der Waals surface area contributed by atoms with Crippen LogP contribution in [0.15, 0.2) is 0 Å². The summed E-state index contributed by atoms with van der Waals surface area (Å²) < 4.78 is 0. The van der Waals surface area contributed by atoms with Crippen LogP contribution >= 0.6 is 0 Å². The van der Waals surface area contributed by atoms with E-state index in [1.165, 1.54) is 0 Å². The van der Waals surface area contributed by atoms with Gasteiger partial charge in [-0.2, -0.15) is 0 Å². The zero-order valence-corrected chi connectivity index (χ0v) is 11.2. The lowest BCUT2D eigenvalue weighted by atomic mass is 10.0. The smallest absolute Gasteiger partial charge is 0.223 e. The second kappa shape index (κ2) is 7.67. The fraction of sp³-hybridized carbons (Fsp3) is 0.923. The Morgan fingerprint density at radius 2 is 2.12 bits per heavy atom. The number of carbonyl (C=O) groups is 1. The van der Waals surface area contributed by atoms with E-state index >= 15 is 0 Å². The average Bonchev–Trinajstić information content (AvgIpc) is 2.36. The van der Waals surface area contributed by atoms with E-state index in [1.807, 2.05) is 6.92 Å². The van der Waals surface area contributed by atoms with Crippen molar-refractivity contribution in [3.8, 4) is 0 Å². The van der Waals surface area contributed by atoms with Crippen molar-refractivity contribution in [3.63, 3.8) is 0 Å².